The second-order valence-electron chi connectivity index (χ2n) is 10.1. The van der Waals surface area contributed by atoms with E-state index in [9.17, 15) is 56.2 Å². The number of fused-ring (bicyclic) bond motifs is 1. The van der Waals surface area contributed by atoms with E-state index in [1.165, 1.54) is 18.2 Å². The lowest BCUT2D eigenvalue weighted by molar-refractivity contribution is -0.277. The molecule has 2 aliphatic heterocycles. The maximum atomic E-state index is 10.6. The first-order valence-corrected chi connectivity index (χ1v) is 13.0. The van der Waals surface area contributed by atoms with Crippen LogP contribution in [0.15, 0.2) is 40.8 Å². The molecule has 2 fully saturated rings. The molecule has 0 spiro atoms. The van der Waals surface area contributed by atoms with Gasteiger partial charge in [-0.15, -0.1) is 0 Å². The highest BCUT2D eigenvalue weighted by molar-refractivity contribution is 5.89. The Labute approximate surface area is 242 Å². The topological polar surface area (TPSA) is 271 Å². The number of phenols is 3. The highest BCUT2D eigenvalue weighted by Gasteiger charge is 2.47. The van der Waals surface area contributed by atoms with Crippen LogP contribution in [0.25, 0.3) is 22.3 Å². The Bertz CT molecular complexity index is 1450. The number of hydrogen-bond donors (Lipinski definition) is 11. The van der Waals surface area contributed by atoms with Gasteiger partial charge in [0.2, 0.25) is 18.3 Å². The van der Waals surface area contributed by atoms with Gasteiger partial charge in [-0.05, 0) is 12.1 Å². The summed E-state index contributed by atoms with van der Waals surface area (Å²) in [4.78, 5) is 0. The van der Waals surface area contributed by atoms with Crippen LogP contribution in [0.5, 0.6) is 28.7 Å². The summed E-state index contributed by atoms with van der Waals surface area (Å²) in [5, 5.41) is 111. The van der Waals surface area contributed by atoms with E-state index in [1.807, 2.05) is 0 Å². The average Bonchev–Trinajstić information content (AvgIpc) is 2.98. The van der Waals surface area contributed by atoms with E-state index in [-0.39, 0.29) is 33.8 Å². The Kier molecular flexibility index (Phi) is 8.77. The van der Waals surface area contributed by atoms with Crippen LogP contribution in [0.4, 0.5) is 0 Å². The number of aromatic hydroxyl groups is 3. The van der Waals surface area contributed by atoms with Crippen molar-refractivity contribution in [2.75, 3.05) is 13.2 Å². The van der Waals surface area contributed by atoms with E-state index >= 15 is 0 Å². The average molecular weight is 612 g/mol. The molecule has 43 heavy (non-hydrogen) atoms. The Hall–Kier alpha value is -3.55. The van der Waals surface area contributed by atoms with E-state index in [0.717, 1.165) is 18.2 Å². The van der Waals surface area contributed by atoms with Crippen LogP contribution in [-0.2, 0) is 9.47 Å². The smallest absolute Gasteiger partial charge is 0.402 e. The van der Waals surface area contributed by atoms with Crippen LogP contribution in [-0.4, -0.2) is 131 Å². The van der Waals surface area contributed by atoms with Crippen molar-refractivity contribution in [2.24, 2.45) is 0 Å². The summed E-state index contributed by atoms with van der Waals surface area (Å²) in [5.41, 5.74) is 0.0554. The van der Waals surface area contributed by atoms with Crippen LogP contribution in [0.1, 0.15) is 0 Å². The fourth-order valence-corrected chi connectivity index (χ4v) is 4.80. The van der Waals surface area contributed by atoms with Crippen LogP contribution >= 0.6 is 0 Å². The van der Waals surface area contributed by atoms with Gasteiger partial charge in [0.1, 0.15) is 65.7 Å². The first-order valence-electron chi connectivity index (χ1n) is 13.0. The fraction of sp³-hybridized carbons (Fsp3) is 0.444. The van der Waals surface area contributed by atoms with Crippen LogP contribution in [0, 0.1) is 0 Å². The Morgan fingerprint density at radius 2 is 1.19 bits per heavy atom. The maximum Gasteiger partial charge on any atom is 0.402 e. The molecule has 2 aliphatic rings. The van der Waals surface area contributed by atoms with Gasteiger partial charge in [-0.1, -0.05) is 0 Å². The molecular weight excluding hydrogens is 580 g/mol. The van der Waals surface area contributed by atoms with Crippen LogP contribution in [0.2, 0.25) is 0 Å². The van der Waals surface area contributed by atoms with Crippen molar-refractivity contribution in [2.45, 2.75) is 61.4 Å². The minimum absolute atomic E-state index is 0.0427. The molecule has 0 bridgehead atoms. The Morgan fingerprint density at radius 3 is 1.72 bits per heavy atom. The molecule has 3 heterocycles. The minimum atomic E-state index is -1.82. The predicted molar refractivity (Wildman–Crippen MR) is 140 cm³/mol. The van der Waals surface area contributed by atoms with Gasteiger partial charge in [0.25, 0.3) is 0 Å². The summed E-state index contributed by atoms with van der Waals surface area (Å²) in [7, 11) is 0. The van der Waals surface area contributed by atoms with Gasteiger partial charge in [0.15, 0.2) is 11.5 Å². The van der Waals surface area contributed by atoms with Crippen molar-refractivity contribution in [3.05, 3.63) is 36.4 Å². The van der Waals surface area contributed by atoms with E-state index in [1.54, 1.807) is 0 Å². The molecule has 0 unspecified atom stereocenters. The summed E-state index contributed by atoms with van der Waals surface area (Å²) in [6.45, 7) is -1.46. The SMILES string of the molecule is OC[C@@H]1O[C@@H](Oc2cc3c(O[C@@H]4O[C@@H](CO)[C@@H](O)[C@H](O)[C@H]4O)cc(O)cc3[o+]c2-c2ccc(O)c(O)c2)[C@H](O)[C@@H](O)[C@H]1O. The molecule has 2 saturated heterocycles. The molecule has 11 N–H and O–H groups in total. The van der Waals surface area contributed by atoms with Gasteiger partial charge in [-0.3, -0.25) is 0 Å². The minimum Gasteiger partial charge on any atom is -0.507 e. The van der Waals surface area contributed by atoms with Gasteiger partial charge in [-0.25, -0.2) is 4.42 Å². The fourth-order valence-electron chi connectivity index (χ4n) is 4.80. The molecule has 0 aliphatic carbocycles. The van der Waals surface area contributed by atoms with Gasteiger partial charge in [-0.2, -0.15) is 0 Å². The summed E-state index contributed by atoms with van der Waals surface area (Å²) < 4.78 is 28.4. The van der Waals surface area contributed by atoms with Gasteiger partial charge >= 0.3 is 11.3 Å². The quantitative estimate of drug-likeness (QED) is 0.100. The molecule has 5 rings (SSSR count). The summed E-state index contributed by atoms with van der Waals surface area (Å²) in [6, 6.07) is 7.17. The lowest BCUT2D eigenvalue weighted by Crippen LogP contribution is -2.60. The second-order valence-corrected chi connectivity index (χ2v) is 10.1. The van der Waals surface area contributed by atoms with E-state index < -0.39 is 91.9 Å². The highest BCUT2D eigenvalue weighted by Crippen LogP contribution is 2.43. The molecule has 10 atom stereocenters. The largest absolute Gasteiger partial charge is 0.507 e. The Morgan fingerprint density at radius 1 is 0.628 bits per heavy atom. The highest BCUT2D eigenvalue weighted by atomic mass is 16.7. The number of rotatable bonds is 7. The summed E-state index contributed by atoms with van der Waals surface area (Å²) in [5.74, 6) is -1.96. The molecule has 234 valence electrons. The molecule has 3 aromatic rings. The summed E-state index contributed by atoms with van der Waals surface area (Å²) >= 11 is 0. The van der Waals surface area contributed by atoms with E-state index in [2.05, 4.69) is 0 Å². The third-order valence-corrected chi connectivity index (χ3v) is 7.22. The zero-order valence-corrected chi connectivity index (χ0v) is 22.1. The Balaban J connectivity index is 1.61. The maximum absolute atomic E-state index is 10.6. The zero-order valence-electron chi connectivity index (χ0n) is 22.1. The first kappa shape index (κ1) is 30.9. The molecular formula is C27H31O16+. The number of hydrogen-bond acceptors (Lipinski definition) is 15. The van der Waals surface area contributed by atoms with Gasteiger partial charge in [0, 0.05) is 18.2 Å². The summed E-state index contributed by atoms with van der Waals surface area (Å²) in [6.07, 6.45) is -16.4. The molecule has 1 aromatic heterocycles. The van der Waals surface area contributed by atoms with E-state index in [0.29, 0.717) is 0 Å². The van der Waals surface area contributed by atoms with Crippen molar-refractivity contribution < 1.29 is 79.5 Å². The van der Waals surface area contributed by atoms with Crippen molar-refractivity contribution in [1.82, 2.24) is 0 Å². The van der Waals surface area contributed by atoms with Crippen LogP contribution < -0.4 is 9.47 Å². The zero-order chi connectivity index (χ0) is 31.2. The molecule has 0 amide bonds. The van der Waals surface area contributed by atoms with Crippen LogP contribution in [0.3, 0.4) is 0 Å². The first-order chi connectivity index (χ1) is 20.4. The number of aliphatic hydroxyl groups is 8. The number of benzene rings is 2. The third kappa shape index (κ3) is 5.85. The predicted octanol–water partition coefficient (Wildman–Crippen LogP) is -2.14. The van der Waals surface area contributed by atoms with Crippen molar-refractivity contribution in [3.8, 4) is 40.1 Å². The van der Waals surface area contributed by atoms with Crippen molar-refractivity contribution >= 4 is 11.0 Å². The lowest BCUT2D eigenvalue weighted by Gasteiger charge is -2.39. The normalized spacial score (nSPS) is 32.9. The van der Waals surface area contributed by atoms with Crippen molar-refractivity contribution in [1.29, 1.82) is 0 Å². The molecule has 0 radical (unpaired) electrons. The standard InChI is InChI=1S/C27H30O16/c28-7-17-19(33)21(35)23(37)26(42-17)40-15-5-10(30)4-14-11(15)6-16(25(39-14)9-1-2-12(31)13(32)3-9)41-27-24(38)22(36)20(34)18(8-29)43-27/h1-6,17-24,26-29,33-38H,7-8H2,(H2-,30,31,32)/p+1/t17-,18-,19+,20-,21-,22-,23+,24+,26+,27+/m0/s1. The number of phenolic OH excluding ortho intramolecular Hbond substituents is 3. The van der Waals surface area contributed by atoms with E-state index in [4.69, 9.17) is 23.4 Å². The number of aliphatic hydroxyl groups excluding tert-OH is 8. The molecule has 0 saturated carbocycles. The lowest BCUT2D eigenvalue weighted by atomic mass is 9.99. The molecule has 2 aromatic carbocycles. The van der Waals surface area contributed by atoms with Gasteiger partial charge < -0.3 is 75.1 Å². The monoisotopic (exact) mass is 611 g/mol. The second kappa shape index (κ2) is 12.2. The van der Waals surface area contributed by atoms with Crippen molar-refractivity contribution in [3.63, 3.8) is 0 Å². The third-order valence-electron chi connectivity index (χ3n) is 7.22. The van der Waals surface area contributed by atoms with Gasteiger partial charge in [0.05, 0.1) is 24.8 Å². The number of ether oxygens (including phenoxy) is 4. The molecule has 16 heteroatoms. The molecule has 16 nitrogen and oxygen atoms in total.